The Morgan fingerprint density at radius 2 is 1.87 bits per heavy atom. The van der Waals surface area contributed by atoms with Crippen molar-refractivity contribution in [2.24, 2.45) is 7.05 Å². The fourth-order valence-corrected chi connectivity index (χ4v) is 5.68. The predicted molar refractivity (Wildman–Crippen MR) is 114 cm³/mol. The minimum absolute atomic E-state index is 0.168. The number of carbonyl (C=O) groups is 1. The van der Waals surface area contributed by atoms with Crippen LogP contribution in [0.2, 0.25) is 0 Å². The molecule has 3 aromatic rings. The number of carbonyl (C=O) groups excluding carboxylic acids is 1. The molecule has 1 saturated heterocycles. The second-order valence-electron chi connectivity index (χ2n) is 7.39. The fraction of sp³-hybridized carbons (Fsp3) is 0.364. The third kappa shape index (κ3) is 3.61. The number of nitrogens with zero attached hydrogens (tertiary/aromatic N) is 3. The van der Waals surface area contributed by atoms with Crippen molar-refractivity contribution in [3.63, 3.8) is 0 Å². The zero-order valence-corrected chi connectivity index (χ0v) is 17.9. The van der Waals surface area contributed by atoms with Crippen molar-refractivity contribution >= 4 is 27.0 Å². The number of esters is 1. The summed E-state index contributed by atoms with van der Waals surface area (Å²) < 4.78 is 35.5. The molecule has 1 fully saturated rings. The average molecular weight is 428 g/mol. The molecule has 0 radical (unpaired) electrons. The van der Waals surface area contributed by atoms with E-state index in [0.29, 0.717) is 12.1 Å². The molecule has 1 aliphatic heterocycles. The number of rotatable bonds is 5. The first-order valence-corrected chi connectivity index (χ1v) is 11.6. The van der Waals surface area contributed by atoms with Crippen LogP contribution in [0, 0.1) is 0 Å². The van der Waals surface area contributed by atoms with Crippen LogP contribution in [0.15, 0.2) is 53.4 Å². The number of hydrogen-bond donors (Lipinski definition) is 0. The second-order valence-corrected chi connectivity index (χ2v) is 9.28. The topological polar surface area (TPSA) is 81.5 Å². The summed E-state index contributed by atoms with van der Waals surface area (Å²) in [5.74, 6) is 0.291. The summed E-state index contributed by atoms with van der Waals surface area (Å²) in [7, 11) is -1.81. The Balaban J connectivity index is 1.69. The molecule has 7 nitrogen and oxygen atoms in total. The number of aryl methyl sites for hydroxylation is 1. The maximum atomic E-state index is 13.5. The Morgan fingerprint density at radius 1 is 1.13 bits per heavy atom. The normalized spacial score (nSPS) is 17.9. The highest BCUT2D eigenvalue weighted by Crippen LogP contribution is 2.36. The smallest absolute Gasteiger partial charge is 0.338 e. The molecule has 0 N–H and O–H groups in total. The zero-order valence-electron chi connectivity index (χ0n) is 17.1. The van der Waals surface area contributed by atoms with E-state index in [9.17, 15) is 13.2 Å². The first-order chi connectivity index (χ1) is 14.4. The number of benzene rings is 2. The SMILES string of the molecule is CCOC(=O)c1ccc(S(=O)(=O)N2CCCCC2c2nc3ccccc3n2C)cc1. The lowest BCUT2D eigenvalue weighted by molar-refractivity contribution is 0.0526. The van der Waals surface area contributed by atoms with Gasteiger partial charge in [-0.3, -0.25) is 0 Å². The molecule has 2 aromatic carbocycles. The van der Waals surface area contributed by atoms with Crippen LogP contribution in [0.25, 0.3) is 11.0 Å². The van der Waals surface area contributed by atoms with E-state index in [1.54, 1.807) is 11.2 Å². The van der Waals surface area contributed by atoms with Gasteiger partial charge in [-0.05, 0) is 56.2 Å². The highest BCUT2D eigenvalue weighted by Gasteiger charge is 2.36. The molecule has 1 aromatic heterocycles. The van der Waals surface area contributed by atoms with Crippen LogP contribution < -0.4 is 0 Å². The molecule has 30 heavy (non-hydrogen) atoms. The molecule has 1 aliphatic rings. The van der Waals surface area contributed by atoms with Crippen LogP contribution >= 0.6 is 0 Å². The van der Waals surface area contributed by atoms with Crippen molar-refractivity contribution in [3.8, 4) is 0 Å². The fourth-order valence-electron chi connectivity index (χ4n) is 4.03. The Morgan fingerprint density at radius 3 is 2.57 bits per heavy atom. The molecular formula is C22H25N3O4S. The van der Waals surface area contributed by atoms with Crippen LogP contribution in [-0.4, -0.2) is 41.4 Å². The standard InChI is InChI=1S/C22H25N3O4S/c1-3-29-22(26)16-11-13-17(14-12-16)30(27,28)25-15-7-6-10-20(25)21-23-18-8-4-5-9-19(18)24(21)2/h4-5,8-9,11-14,20H,3,6-7,10,15H2,1-2H3. The number of fused-ring (bicyclic) bond motifs is 1. The van der Waals surface area contributed by atoms with Gasteiger partial charge in [0, 0.05) is 13.6 Å². The number of imidazole rings is 1. The molecule has 1 atom stereocenters. The molecule has 4 rings (SSSR count). The molecule has 1 unspecified atom stereocenters. The number of ether oxygens (including phenoxy) is 1. The summed E-state index contributed by atoms with van der Waals surface area (Å²) in [6, 6.07) is 13.4. The van der Waals surface area contributed by atoms with Gasteiger partial charge in [0.05, 0.1) is 34.1 Å². The van der Waals surface area contributed by atoms with Crippen LogP contribution in [0.3, 0.4) is 0 Å². The van der Waals surface area contributed by atoms with Gasteiger partial charge in [0.2, 0.25) is 10.0 Å². The number of para-hydroxylation sites is 2. The summed E-state index contributed by atoms with van der Waals surface area (Å²) in [4.78, 5) is 16.8. The summed E-state index contributed by atoms with van der Waals surface area (Å²) in [5.41, 5.74) is 2.17. The Hall–Kier alpha value is -2.71. The first-order valence-electron chi connectivity index (χ1n) is 10.1. The van der Waals surface area contributed by atoms with E-state index >= 15 is 0 Å². The predicted octanol–water partition coefficient (Wildman–Crippen LogP) is 3.67. The van der Waals surface area contributed by atoms with Crippen molar-refractivity contribution in [1.82, 2.24) is 13.9 Å². The maximum absolute atomic E-state index is 13.5. The third-order valence-electron chi connectivity index (χ3n) is 5.55. The van der Waals surface area contributed by atoms with E-state index in [-0.39, 0.29) is 17.5 Å². The van der Waals surface area contributed by atoms with E-state index in [4.69, 9.17) is 9.72 Å². The van der Waals surface area contributed by atoms with Crippen molar-refractivity contribution in [1.29, 1.82) is 0 Å². The van der Waals surface area contributed by atoms with Crippen LogP contribution in [0.1, 0.15) is 48.4 Å². The number of hydrogen-bond acceptors (Lipinski definition) is 5. The first kappa shape index (κ1) is 20.6. The molecule has 0 saturated carbocycles. The molecule has 0 aliphatic carbocycles. The van der Waals surface area contributed by atoms with Crippen LogP contribution in [0.5, 0.6) is 0 Å². The minimum atomic E-state index is -3.74. The summed E-state index contributed by atoms with van der Waals surface area (Å²) in [5, 5.41) is 0. The van der Waals surface area contributed by atoms with Crippen molar-refractivity contribution in [2.45, 2.75) is 37.1 Å². The molecule has 0 spiro atoms. The monoisotopic (exact) mass is 427 g/mol. The summed E-state index contributed by atoms with van der Waals surface area (Å²) in [6.07, 6.45) is 2.47. The maximum Gasteiger partial charge on any atom is 0.338 e. The molecule has 2 heterocycles. The molecule has 8 heteroatoms. The largest absolute Gasteiger partial charge is 0.462 e. The van der Waals surface area contributed by atoms with Gasteiger partial charge in [-0.1, -0.05) is 18.6 Å². The van der Waals surface area contributed by atoms with Gasteiger partial charge < -0.3 is 9.30 Å². The second kappa shape index (κ2) is 8.20. The molecular weight excluding hydrogens is 402 g/mol. The minimum Gasteiger partial charge on any atom is -0.462 e. The zero-order chi connectivity index (χ0) is 21.3. The van der Waals surface area contributed by atoms with Gasteiger partial charge >= 0.3 is 5.97 Å². The molecule has 0 amide bonds. The number of piperidine rings is 1. The van der Waals surface area contributed by atoms with Gasteiger partial charge in [0.15, 0.2) is 0 Å². The van der Waals surface area contributed by atoms with Crippen molar-refractivity contribution in [3.05, 3.63) is 59.9 Å². The average Bonchev–Trinajstić information content (AvgIpc) is 3.10. The van der Waals surface area contributed by atoms with Crippen molar-refractivity contribution < 1.29 is 17.9 Å². The summed E-state index contributed by atoms with van der Waals surface area (Å²) in [6.45, 7) is 2.44. The Kier molecular flexibility index (Phi) is 5.62. The lowest BCUT2D eigenvalue weighted by Gasteiger charge is -2.34. The Bertz CT molecular complexity index is 1170. The van der Waals surface area contributed by atoms with E-state index in [1.807, 2.05) is 35.9 Å². The molecule has 158 valence electrons. The third-order valence-corrected chi connectivity index (χ3v) is 7.47. The number of sulfonamides is 1. The van der Waals surface area contributed by atoms with E-state index < -0.39 is 16.0 Å². The van der Waals surface area contributed by atoms with Gasteiger partial charge in [0.25, 0.3) is 0 Å². The summed E-state index contributed by atoms with van der Waals surface area (Å²) >= 11 is 0. The van der Waals surface area contributed by atoms with Gasteiger partial charge in [-0.25, -0.2) is 18.2 Å². The van der Waals surface area contributed by atoms with Gasteiger partial charge in [0.1, 0.15) is 5.82 Å². The lowest BCUT2D eigenvalue weighted by Crippen LogP contribution is -2.39. The van der Waals surface area contributed by atoms with Crippen LogP contribution in [-0.2, 0) is 21.8 Å². The van der Waals surface area contributed by atoms with E-state index in [1.165, 1.54) is 24.3 Å². The van der Waals surface area contributed by atoms with E-state index in [2.05, 4.69) is 0 Å². The van der Waals surface area contributed by atoms with Crippen LogP contribution in [0.4, 0.5) is 0 Å². The van der Waals surface area contributed by atoms with Crippen molar-refractivity contribution in [2.75, 3.05) is 13.2 Å². The van der Waals surface area contributed by atoms with E-state index in [0.717, 1.165) is 36.1 Å². The Labute approximate surface area is 176 Å². The highest BCUT2D eigenvalue weighted by molar-refractivity contribution is 7.89. The quantitative estimate of drug-likeness (QED) is 0.581. The molecule has 0 bridgehead atoms. The highest BCUT2D eigenvalue weighted by atomic mass is 32.2. The lowest BCUT2D eigenvalue weighted by atomic mass is 10.0. The van der Waals surface area contributed by atoms with Gasteiger partial charge in [-0.2, -0.15) is 4.31 Å². The number of aromatic nitrogens is 2. The van der Waals surface area contributed by atoms with Gasteiger partial charge in [-0.15, -0.1) is 0 Å².